The second-order valence-corrected chi connectivity index (χ2v) is 7.98. The molecule has 146 valence electrons. The van der Waals surface area contributed by atoms with E-state index in [0.29, 0.717) is 13.1 Å². The van der Waals surface area contributed by atoms with Crippen LogP contribution in [0, 0.1) is 0 Å². The summed E-state index contributed by atoms with van der Waals surface area (Å²) in [6, 6.07) is 7.22. The van der Waals surface area contributed by atoms with Crippen molar-refractivity contribution in [1.29, 1.82) is 0 Å². The van der Waals surface area contributed by atoms with Crippen molar-refractivity contribution >= 4 is 45.3 Å². The molecule has 0 N–H and O–H groups in total. The lowest BCUT2D eigenvalue weighted by molar-refractivity contribution is -0.145. The summed E-state index contributed by atoms with van der Waals surface area (Å²) in [5.74, 6) is -1.99. The number of likely N-dealkylation sites (tertiary alicyclic amines) is 1. The Morgan fingerprint density at radius 1 is 1.18 bits per heavy atom. The summed E-state index contributed by atoms with van der Waals surface area (Å²) in [6.45, 7) is 2.40. The number of para-hydroxylation sites is 1. The van der Waals surface area contributed by atoms with E-state index in [9.17, 15) is 19.2 Å². The van der Waals surface area contributed by atoms with E-state index < -0.39 is 24.4 Å². The number of fused-ring (bicyclic) bond motifs is 1. The van der Waals surface area contributed by atoms with Gasteiger partial charge in [-0.15, -0.1) is 11.3 Å². The van der Waals surface area contributed by atoms with E-state index in [1.807, 2.05) is 24.3 Å². The minimum absolute atomic E-state index is 0.109. The van der Waals surface area contributed by atoms with Gasteiger partial charge in [-0.05, 0) is 31.9 Å². The number of amides is 5. The first-order valence-electron chi connectivity index (χ1n) is 9.30. The van der Waals surface area contributed by atoms with Crippen LogP contribution in [-0.4, -0.2) is 69.6 Å². The Morgan fingerprint density at radius 2 is 1.93 bits per heavy atom. The smallest absolute Gasteiger partial charge is 0.334 e. The average Bonchev–Trinajstić information content (AvgIpc) is 3.23. The number of rotatable bonds is 4. The summed E-state index contributed by atoms with van der Waals surface area (Å²) < 4.78 is 1.12. The molecule has 4 rings (SSSR count). The van der Waals surface area contributed by atoms with Crippen molar-refractivity contribution < 1.29 is 19.2 Å². The highest BCUT2D eigenvalue weighted by Crippen LogP contribution is 2.33. The number of hydrogen-bond acceptors (Lipinski definition) is 6. The van der Waals surface area contributed by atoms with E-state index in [1.165, 1.54) is 0 Å². The van der Waals surface area contributed by atoms with Gasteiger partial charge in [0.1, 0.15) is 6.54 Å². The highest BCUT2D eigenvalue weighted by molar-refractivity contribution is 7.18. The van der Waals surface area contributed by atoms with Crippen LogP contribution in [0.1, 0.15) is 30.7 Å². The zero-order chi connectivity index (χ0) is 19.8. The molecule has 2 aliphatic rings. The van der Waals surface area contributed by atoms with Crippen molar-refractivity contribution in [3.63, 3.8) is 0 Å². The van der Waals surface area contributed by atoms with Crippen molar-refractivity contribution in [2.45, 2.75) is 25.7 Å². The molecule has 0 aliphatic carbocycles. The molecule has 0 bridgehead atoms. The van der Waals surface area contributed by atoms with Crippen molar-refractivity contribution in [3.05, 3.63) is 29.3 Å². The Balaban J connectivity index is 1.45. The van der Waals surface area contributed by atoms with Gasteiger partial charge in [-0.25, -0.2) is 14.7 Å². The minimum atomic E-state index is -0.931. The van der Waals surface area contributed by atoms with Crippen LogP contribution in [0.4, 0.5) is 4.79 Å². The fraction of sp³-hybridized carbons (Fsp3) is 0.421. The van der Waals surface area contributed by atoms with E-state index in [-0.39, 0.29) is 18.4 Å². The van der Waals surface area contributed by atoms with Crippen LogP contribution in [0.15, 0.2) is 24.3 Å². The Bertz CT molecular complexity index is 939. The van der Waals surface area contributed by atoms with Crippen LogP contribution in [0.2, 0.25) is 0 Å². The van der Waals surface area contributed by atoms with Crippen molar-refractivity contribution in [2.75, 3.05) is 26.2 Å². The van der Waals surface area contributed by atoms with E-state index in [1.54, 1.807) is 23.2 Å². The van der Waals surface area contributed by atoms with Gasteiger partial charge in [-0.3, -0.25) is 19.3 Å². The zero-order valence-corrected chi connectivity index (χ0v) is 16.3. The molecule has 1 aromatic heterocycles. The normalized spacial score (nSPS) is 20.5. The van der Waals surface area contributed by atoms with Gasteiger partial charge in [0.25, 0.3) is 0 Å². The molecule has 2 fully saturated rings. The number of likely N-dealkylation sites (N-methyl/N-ethyl adjacent to an activating group) is 1. The molecule has 28 heavy (non-hydrogen) atoms. The number of benzene rings is 1. The maximum Gasteiger partial charge on any atom is 0.334 e. The molecule has 0 unspecified atom stereocenters. The molecule has 0 saturated carbocycles. The van der Waals surface area contributed by atoms with E-state index in [2.05, 4.69) is 0 Å². The highest BCUT2D eigenvalue weighted by Gasteiger charge is 2.45. The van der Waals surface area contributed by atoms with Crippen LogP contribution in [-0.2, 0) is 14.4 Å². The van der Waals surface area contributed by atoms with Crippen LogP contribution in [0.25, 0.3) is 10.2 Å². The Kier molecular flexibility index (Phi) is 4.84. The molecule has 0 radical (unpaired) electrons. The Labute approximate surface area is 165 Å². The molecule has 5 amide bonds. The van der Waals surface area contributed by atoms with Gasteiger partial charge >= 0.3 is 17.8 Å². The summed E-state index contributed by atoms with van der Waals surface area (Å²) in [4.78, 5) is 56.7. The standard InChI is InChI=1S/C19H20N4O4S/c1-2-22-17(25)18(26)23(19(22)27)11-15(24)21-9-5-6-12(10-21)16-20-13-7-3-4-8-14(13)28-16/h3-4,7-8,12H,2,5-6,9-11H2,1H3/t12-/m0/s1. The molecular weight excluding hydrogens is 380 g/mol. The second-order valence-electron chi connectivity index (χ2n) is 6.92. The summed E-state index contributed by atoms with van der Waals surface area (Å²) in [5, 5.41) is 0.999. The molecule has 2 saturated heterocycles. The van der Waals surface area contributed by atoms with Crippen molar-refractivity contribution in [1.82, 2.24) is 19.7 Å². The molecular formula is C19H20N4O4S. The van der Waals surface area contributed by atoms with E-state index >= 15 is 0 Å². The van der Waals surface area contributed by atoms with Gasteiger partial charge in [0, 0.05) is 25.6 Å². The second kappa shape index (κ2) is 7.31. The molecule has 2 aliphatic heterocycles. The molecule has 2 aromatic rings. The van der Waals surface area contributed by atoms with E-state index in [4.69, 9.17) is 4.98 Å². The largest absolute Gasteiger partial charge is 0.340 e. The number of carbonyl (C=O) groups is 4. The summed E-state index contributed by atoms with van der Waals surface area (Å²) in [6.07, 6.45) is 1.77. The topological polar surface area (TPSA) is 90.9 Å². The molecule has 1 aromatic carbocycles. The first-order valence-corrected chi connectivity index (χ1v) is 10.1. The average molecular weight is 400 g/mol. The molecule has 1 atom stereocenters. The monoisotopic (exact) mass is 400 g/mol. The molecule has 9 heteroatoms. The molecule has 8 nitrogen and oxygen atoms in total. The number of nitrogens with zero attached hydrogens (tertiary/aromatic N) is 4. The number of imide groups is 2. The number of urea groups is 1. The number of piperidine rings is 1. The maximum absolute atomic E-state index is 12.7. The number of hydrogen-bond donors (Lipinski definition) is 0. The fourth-order valence-corrected chi connectivity index (χ4v) is 4.77. The molecule has 3 heterocycles. The summed E-state index contributed by atoms with van der Waals surface area (Å²) in [5.41, 5.74) is 0.956. The third kappa shape index (κ3) is 3.15. The lowest BCUT2D eigenvalue weighted by Gasteiger charge is -2.32. The minimum Gasteiger partial charge on any atom is -0.340 e. The van der Waals surface area contributed by atoms with Gasteiger partial charge < -0.3 is 4.90 Å². The van der Waals surface area contributed by atoms with Gasteiger partial charge in [0.05, 0.1) is 15.2 Å². The van der Waals surface area contributed by atoms with Crippen molar-refractivity contribution in [3.8, 4) is 0 Å². The van der Waals surface area contributed by atoms with Gasteiger partial charge in [0.2, 0.25) is 5.91 Å². The van der Waals surface area contributed by atoms with Crippen LogP contribution < -0.4 is 0 Å². The highest BCUT2D eigenvalue weighted by atomic mass is 32.1. The van der Waals surface area contributed by atoms with Crippen LogP contribution in [0.3, 0.4) is 0 Å². The maximum atomic E-state index is 12.7. The van der Waals surface area contributed by atoms with Crippen molar-refractivity contribution in [2.24, 2.45) is 0 Å². The first kappa shape index (κ1) is 18.5. The summed E-state index contributed by atoms with van der Waals surface area (Å²) >= 11 is 1.64. The predicted molar refractivity (Wildman–Crippen MR) is 103 cm³/mol. The number of aromatic nitrogens is 1. The van der Waals surface area contributed by atoms with Gasteiger partial charge in [-0.2, -0.15) is 0 Å². The molecule has 0 spiro atoms. The van der Waals surface area contributed by atoms with Gasteiger partial charge in [0.15, 0.2) is 0 Å². The lowest BCUT2D eigenvalue weighted by atomic mass is 9.98. The van der Waals surface area contributed by atoms with E-state index in [0.717, 1.165) is 37.9 Å². The van der Waals surface area contributed by atoms with Gasteiger partial charge in [-0.1, -0.05) is 12.1 Å². The third-order valence-corrected chi connectivity index (χ3v) is 6.38. The first-order chi connectivity index (χ1) is 13.5. The van der Waals surface area contributed by atoms with Crippen LogP contribution >= 0.6 is 11.3 Å². The number of thiazole rings is 1. The Hall–Kier alpha value is -2.81. The predicted octanol–water partition coefficient (Wildman–Crippen LogP) is 1.81. The summed E-state index contributed by atoms with van der Waals surface area (Å²) in [7, 11) is 0. The quantitative estimate of drug-likeness (QED) is 0.577. The Morgan fingerprint density at radius 3 is 2.64 bits per heavy atom. The SMILES string of the molecule is CCN1C(=O)C(=O)N(CC(=O)N2CCC[C@H](c3nc4ccccc4s3)C2)C1=O. The number of carbonyl (C=O) groups excluding carboxylic acids is 4. The zero-order valence-electron chi connectivity index (χ0n) is 15.5. The lowest BCUT2D eigenvalue weighted by Crippen LogP contribution is -2.46. The fourth-order valence-electron chi connectivity index (χ4n) is 3.67. The third-order valence-electron chi connectivity index (χ3n) is 5.18. The van der Waals surface area contributed by atoms with Crippen LogP contribution in [0.5, 0.6) is 0 Å².